The summed E-state index contributed by atoms with van der Waals surface area (Å²) in [5, 5.41) is 13.0. The minimum absolute atomic E-state index is 0.148. The van der Waals surface area contributed by atoms with E-state index >= 15 is 0 Å². The molecule has 0 bridgehead atoms. The van der Waals surface area contributed by atoms with E-state index in [1.807, 2.05) is 7.05 Å². The van der Waals surface area contributed by atoms with Gasteiger partial charge in [-0.25, -0.2) is 0 Å². The third-order valence-electron chi connectivity index (χ3n) is 3.03. The number of aliphatic hydroxyl groups is 1. The summed E-state index contributed by atoms with van der Waals surface area (Å²) in [6, 6.07) is 0.502. The Bertz CT molecular complexity index is 178. The average Bonchev–Trinajstić information content (AvgIpc) is 2.52. The summed E-state index contributed by atoms with van der Waals surface area (Å²) in [5.74, 6) is 0. The van der Waals surface area contributed by atoms with Gasteiger partial charge in [-0.15, -0.1) is 11.6 Å². The predicted molar refractivity (Wildman–Crippen MR) is 48.5 cm³/mol. The topological polar surface area (TPSA) is 35.5 Å². The lowest BCUT2D eigenvalue weighted by Crippen LogP contribution is -2.45. The number of nitrogens with one attached hydrogen (secondary N) is 1. The van der Waals surface area contributed by atoms with Gasteiger partial charge in [-0.2, -0.15) is 0 Å². The molecule has 2 heterocycles. The molecular formula is C8H15ClN2O. The van der Waals surface area contributed by atoms with Crippen LogP contribution in [0.2, 0.25) is 0 Å². The molecule has 0 spiro atoms. The number of alkyl halides is 1. The van der Waals surface area contributed by atoms with Crippen LogP contribution in [0.25, 0.3) is 0 Å². The van der Waals surface area contributed by atoms with Crippen molar-refractivity contribution in [2.45, 2.75) is 30.0 Å². The monoisotopic (exact) mass is 190 g/mol. The number of aliphatic hydroxyl groups excluding tert-OH is 1. The molecule has 4 unspecified atom stereocenters. The van der Waals surface area contributed by atoms with Crippen molar-refractivity contribution in [3.63, 3.8) is 0 Å². The third kappa shape index (κ3) is 1.16. The molecule has 0 saturated carbocycles. The lowest BCUT2D eigenvalue weighted by atomic mass is 10.0. The van der Waals surface area contributed by atoms with E-state index in [0.717, 1.165) is 19.5 Å². The molecule has 0 amide bonds. The number of halogens is 1. The van der Waals surface area contributed by atoms with Gasteiger partial charge in [0.05, 0.1) is 17.5 Å². The Kier molecular flexibility index (Phi) is 2.29. The van der Waals surface area contributed by atoms with Crippen LogP contribution in [0.4, 0.5) is 0 Å². The summed E-state index contributed by atoms with van der Waals surface area (Å²) in [7, 11) is 1.91. The van der Waals surface area contributed by atoms with E-state index in [4.69, 9.17) is 11.6 Å². The lowest BCUT2D eigenvalue weighted by molar-refractivity contribution is 0.123. The molecule has 4 heteroatoms. The molecule has 4 atom stereocenters. The van der Waals surface area contributed by atoms with Crippen molar-refractivity contribution in [3.05, 3.63) is 0 Å². The van der Waals surface area contributed by atoms with E-state index in [2.05, 4.69) is 10.2 Å². The first-order chi connectivity index (χ1) is 5.74. The van der Waals surface area contributed by atoms with E-state index in [-0.39, 0.29) is 23.6 Å². The molecule has 0 aromatic heterocycles. The number of hydrogen-bond donors (Lipinski definition) is 2. The van der Waals surface area contributed by atoms with Crippen LogP contribution in [0, 0.1) is 0 Å². The highest BCUT2D eigenvalue weighted by atomic mass is 35.5. The second kappa shape index (κ2) is 3.14. The molecule has 70 valence electrons. The molecule has 0 aliphatic carbocycles. The molecule has 2 aliphatic heterocycles. The number of rotatable bonds is 1. The van der Waals surface area contributed by atoms with Gasteiger partial charge in [-0.1, -0.05) is 0 Å². The first-order valence-corrected chi connectivity index (χ1v) is 4.91. The summed E-state index contributed by atoms with van der Waals surface area (Å²) in [6.07, 6.45) is 0.707. The third-order valence-corrected chi connectivity index (χ3v) is 3.44. The summed E-state index contributed by atoms with van der Waals surface area (Å²) < 4.78 is 0. The number of fused-ring (bicyclic) bond motifs is 1. The Morgan fingerprint density at radius 3 is 3.00 bits per heavy atom. The number of nitrogens with zero attached hydrogens (tertiary/aromatic N) is 1. The Morgan fingerprint density at radius 1 is 1.58 bits per heavy atom. The van der Waals surface area contributed by atoms with Crippen molar-refractivity contribution in [1.29, 1.82) is 0 Å². The van der Waals surface area contributed by atoms with Gasteiger partial charge in [0.15, 0.2) is 0 Å². The van der Waals surface area contributed by atoms with E-state index in [9.17, 15) is 5.11 Å². The zero-order valence-corrected chi connectivity index (χ0v) is 7.96. The van der Waals surface area contributed by atoms with E-state index < -0.39 is 0 Å². The Labute approximate surface area is 77.7 Å². The van der Waals surface area contributed by atoms with Crippen LogP contribution in [0.15, 0.2) is 0 Å². The quantitative estimate of drug-likeness (QED) is 0.554. The minimum atomic E-state index is -0.189. The largest absolute Gasteiger partial charge is 0.391 e. The first kappa shape index (κ1) is 8.75. The van der Waals surface area contributed by atoms with Gasteiger partial charge in [0.25, 0.3) is 0 Å². The van der Waals surface area contributed by atoms with Gasteiger partial charge in [0.1, 0.15) is 0 Å². The zero-order chi connectivity index (χ0) is 8.72. The van der Waals surface area contributed by atoms with E-state index in [0.29, 0.717) is 0 Å². The Balaban J connectivity index is 2.12. The van der Waals surface area contributed by atoms with Gasteiger partial charge in [0.2, 0.25) is 0 Å². The fourth-order valence-electron chi connectivity index (χ4n) is 2.44. The fraction of sp³-hybridized carbons (Fsp3) is 1.00. The van der Waals surface area contributed by atoms with Crippen LogP contribution in [0.1, 0.15) is 6.42 Å². The van der Waals surface area contributed by atoms with Crippen molar-refractivity contribution >= 4 is 11.6 Å². The van der Waals surface area contributed by atoms with E-state index in [1.54, 1.807) is 0 Å². The van der Waals surface area contributed by atoms with Crippen molar-refractivity contribution in [1.82, 2.24) is 10.2 Å². The Hall–Kier alpha value is 0.170. The molecular weight excluding hydrogens is 176 g/mol. The maximum atomic E-state index is 9.68. The van der Waals surface area contributed by atoms with Crippen molar-refractivity contribution in [3.8, 4) is 0 Å². The zero-order valence-electron chi connectivity index (χ0n) is 7.20. The molecule has 2 fully saturated rings. The lowest BCUT2D eigenvalue weighted by Gasteiger charge is -2.23. The highest BCUT2D eigenvalue weighted by Gasteiger charge is 2.46. The van der Waals surface area contributed by atoms with Crippen LogP contribution >= 0.6 is 11.6 Å². The summed E-state index contributed by atoms with van der Waals surface area (Å²) in [5.41, 5.74) is 0. The molecule has 3 nitrogen and oxygen atoms in total. The SMILES string of the molecule is CNC1C(Cl)CN2CCC(O)C12. The maximum absolute atomic E-state index is 9.68. The smallest absolute Gasteiger partial charge is 0.0723 e. The van der Waals surface area contributed by atoms with Crippen molar-refractivity contribution < 1.29 is 5.11 Å². The van der Waals surface area contributed by atoms with Crippen LogP contribution in [0.3, 0.4) is 0 Å². The molecule has 2 N–H and O–H groups in total. The van der Waals surface area contributed by atoms with Crippen LogP contribution in [0.5, 0.6) is 0 Å². The van der Waals surface area contributed by atoms with Crippen LogP contribution in [-0.2, 0) is 0 Å². The van der Waals surface area contributed by atoms with E-state index in [1.165, 1.54) is 0 Å². The number of hydrogen-bond acceptors (Lipinski definition) is 3. The van der Waals surface area contributed by atoms with Crippen LogP contribution < -0.4 is 5.32 Å². The fourth-order valence-corrected chi connectivity index (χ4v) is 2.90. The summed E-state index contributed by atoms with van der Waals surface area (Å²) in [4.78, 5) is 2.28. The summed E-state index contributed by atoms with van der Waals surface area (Å²) in [6.45, 7) is 1.90. The summed E-state index contributed by atoms with van der Waals surface area (Å²) >= 11 is 6.13. The highest BCUT2D eigenvalue weighted by molar-refractivity contribution is 6.21. The normalized spacial score (nSPS) is 48.2. The van der Waals surface area contributed by atoms with Crippen molar-refractivity contribution in [2.24, 2.45) is 0 Å². The molecule has 2 aliphatic rings. The van der Waals surface area contributed by atoms with Gasteiger partial charge < -0.3 is 10.4 Å². The number of likely N-dealkylation sites (N-methyl/N-ethyl adjacent to an activating group) is 1. The van der Waals surface area contributed by atoms with Gasteiger partial charge in [-0.3, -0.25) is 4.90 Å². The van der Waals surface area contributed by atoms with Gasteiger partial charge >= 0.3 is 0 Å². The second-order valence-corrected chi connectivity index (χ2v) is 4.23. The molecule has 2 rings (SSSR count). The second-order valence-electron chi connectivity index (χ2n) is 3.67. The standard InChI is InChI=1S/C8H15ClN2O/c1-10-7-5(9)4-11-3-2-6(12)8(7)11/h5-8,10,12H,2-4H2,1H3. The minimum Gasteiger partial charge on any atom is -0.391 e. The Morgan fingerprint density at radius 2 is 2.33 bits per heavy atom. The van der Waals surface area contributed by atoms with Gasteiger partial charge in [-0.05, 0) is 13.5 Å². The molecule has 0 aromatic carbocycles. The van der Waals surface area contributed by atoms with Gasteiger partial charge in [0, 0.05) is 19.1 Å². The maximum Gasteiger partial charge on any atom is 0.0723 e. The van der Waals surface area contributed by atoms with Crippen molar-refractivity contribution in [2.75, 3.05) is 20.1 Å². The van der Waals surface area contributed by atoms with Crippen LogP contribution in [-0.4, -0.2) is 53.7 Å². The highest BCUT2D eigenvalue weighted by Crippen LogP contribution is 2.30. The first-order valence-electron chi connectivity index (χ1n) is 4.47. The molecule has 0 radical (unpaired) electrons. The molecule has 2 saturated heterocycles. The predicted octanol–water partition coefficient (Wildman–Crippen LogP) is -0.369. The molecule has 12 heavy (non-hydrogen) atoms. The average molecular weight is 191 g/mol. The molecule has 0 aromatic rings.